The summed E-state index contributed by atoms with van der Waals surface area (Å²) in [5, 5.41) is 1.12. The zero-order valence-electron chi connectivity index (χ0n) is 10.8. The minimum Gasteiger partial charge on any atom is -0.495 e. The molecule has 3 aromatic rings. The summed E-state index contributed by atoms with van der Waals surface area (Å²) in [5.74, 6) is 0.796. The fourth-order valence-electron chi connectivity index (χ4n) is 2.27. The average molecular weight is 249 g/mol. The Morgan fingerprint density at radius 2 is 1.84 bits per heavy atom. The predicted octanol–water partition coefficient (Wildman–Crippen LogP) is 3.83. The van der Waals surface area contributed by atoms with Crippen LogP contribution in [0, 0.1) is 0 Å². The lowest BCUT2D eigenvalue weighted by atomic mass is 10.0. The van der Waals surface area contributed by atoms with Crippen molar-refractivity contribution in [1.29, 1.82) is 0 Å². The topological polar surface area (TPSA) is 22.1 Å². The Morgan fingerprint density at radius 3 is 2.63 bits per heavy atom. The van der Waals surface area contributed by atoms with Gasteiger partial charge in [0.15, 0.2) is 0 Å². The Bertz CT molecular complexity index is 692. The molecule has 0 saturated carbocycles. The molecule has 0 N–H and O–H groups in total. The van der Waals surface area contributed by atoms with Crippen molar-refractivity contribution in [1.82, 2.24) is 4.98 Å². The molecule has 0 aliphatic heterocycles. The van der Waals surface area contributed by atoms with Crippen molar-refractivity contribution in [3.63, 3.8) is 0 Å². The van der Waals surface area contributed by atoms with Gasteiger partial charge in [-0.25, -0.2) is 0 Å². The summed E-state index contributed by atoms with van der Waals surface area (Å²) in [6.45, 7) is 0. The van der Waals surface area contributed by atoms with Gasteiger partial charge < -0.3 is 4.74 Å². The zero-order valence-corrected chi connectivity index (χ0v) is 10.8. The van der Waals surface area contributed by atoms with E-state index in [9.17, 15) is 0 Å². The highest BCUT2D eigenvalue weighted by Crippen LogP contribution is 2.23. The van der Waals surface area contributed by atoms with Gasteiger partial charge in [-0.1, -0.05) is 48.5 Å². The van der Waals surface area contributed by atoms with Crippen LogP contribution in [0.25, 0.3) is 10.9 Å². The van der Waals surface area contributed by atoms with E-state index in [1.54, 1.807) is 13.3 Å². The molecule has 0 unspecified atom stereocenters. The summed E-state index contributed by atoms with van der Waals surface area (Å²) in [6, 6.07) is 18.8. The first-order valence-electron chi connectivity index (χ1n) is 6.32. The molecule has 2 nitrogen and oxygen atoms in total. The van der Waals surface area contributed by atoms with Crippen LogP contribution in [0.1, 0.15) is 11.1 Å². The number of hydrogen-bond donors (Lipinski definition) is 0. The molecule has 2 heteroatoms. The first kappa shape index (κ1) is 11.7. The molecule has 0 aliphatic carbocycles. The van der Waals surface area contributed by atoms with Crippen LogP contribution < -0.4 is 4.74 Å². The molecular weight excluding hydrogens is 234 g/mol. The minimum atomic E-state index is 0.796. The van der Waals surface area contributed by atoms with Gasteiger partial charge >= 0.3 is 0 Å². The standard InChI is InChI=1S/C17H15NO/c1-19-16-11-15-9-5-8-14(17(15)18-12-16)10-13-6-3-2-4-7-13/h2-9,11-12H,10H2,1H3. The van der Waals surface area contributed by atoms with E-state index in [-0.39, 0.29) is 0 Å². The minimum absolute atomic E-state index is 0.796. The number of pyridine rings is 1. The molecule has 1 aromatic heterocycles. The number of fused-ring (bicyclic) bond motifs is 1. The van der Waals surface area contributed by atoms with E-state index < -0.39 is 0 Å². The maximum atomic E-state index is 5.22. The Morgan fingerprint density at radius 1 is 1.00 bits per heavy atom. The van der Waals surface area contributed by atoms with Crippen LogP contribution in [0.4, 0.5) is 0 Å². The van der Waals surface area contributed by atoms with Gasteiger partial charge in [-0.3, -0.25) is 4.98 Å². The Kier molecular flexibility index (Phi) is 3.15. The van der Waals surface area contributed by atoms with Crippen molar-refractivity contribution >= 4 is 10.9 Å². The molecule has 94 valence electrons. The molecule has 0 radical (unpaired) electrons. The molecule has 2 aromatic carbocycles. The van der Waals surface area contributed by atoms with E-state index in [0.717, 1.165) is 23.1 Å². The number of benzene rings is 2. The van der Waals surface area contributed by atoms with Gasteiger partial charge in [-0.05, 0) is 23.6 Å². The summed E-state index contributed by atoms with van der Waals surface area (Å²) in [7, 11) is 1.66. The molecule has 0 fully saturated rings. The maximum absolute atomic E-state index is 5.22. The first-order valence-corrected chi connectivity index (χ1v) is 6.32. The number of ether oxygens (including phenoxy) is 1. The van der Waals surface area contributed by atoms with Gasteiger partial charge in [-0.15, -0.1) is 0 Å². The molecule has 19 heavy (non-hydrogen) atoms. The van der Waals surface area contributed by atoms with Crippen LogP contribution in [0.2, 0.25) is 0 Å². The van der Waals surface area contributed by atoms with E-state index in [1.807, 2.05) is 12.1 Å². The summed E-state index contributed by atoms with van der Waals surface area (Å²) < 4.78 is 5.22. The van der Waals surface area contributed by atoms with Gasteiger partial charge in [-0.2, -0.15) is 0 Å². The van der Waals surface area contributed by atoms with Crippen LogP contribution in [0.5, 0.6) is 5.75 Å². The van der Waals surface area contributed by atoms with E-state index in [4.69, 9.17) is 4.74 Å². The second-order valence-corrected chi connectivity index (χ2v) is 4.53. The highest BCUT2D eigenvalue weighted by atomic mass is 16.5. The number of hydrogen-bond acceptors (Lipinski definition) is 2. The van der Waals surface area contributed by atoms with Crippen molar-refractivity contribution in [2.24, 2.45) is 0 Å². The maximum Gasteiger partial charge on any atom is 0.137 e. The normalized spacial score (nSPS) is 10.6. The monoisotopic (exact) mass is 249 g/mol. The lowest BCUT2D eigenvalue weighted by Gasteiger charge is -2.07. The van der Waals surface area contributed by atoms with Crippen LogP contribution >= 0.6 is 0 Å². The molecule has 0 saturated heterocycles. The molecule has 0 bridgehead atoms. The van der Waals surface area contributed by atoms with Gasteiger partial charge in [0.2, 0.25) is 0 Å². The van der Waals surface area contributed by atoms with E-state index in [1.165, 1.54) is 11.1 Å². The van der Waals surface area contributed by atoms with Crippen LogP contribution in [0.15, 0.2) is 60.8 Å². The third-order valence-corrected chi connectivity index (χ3v) is 3.24. The van der Waals surface area contributed by atoms with Gasteiger partial charge in [0.05, 0.1) is 18.8 Å². The molecule has 0 spiro atoms. The SMILES string of the molecule is COc1cnc2c(Cc3ccccc3)cccc2c1. The highest BCUT2D eigenvalue weighted by Gasteiger charge is 2.04. The van der Waals surface area contributed by atoms with Crippen molar-refractivity contribution in [2.45, 2.75) is 6.42 Å². The smallest absolute Gasteiger partial charge is 0.137 e. The second-order valence-electron chi connectivity index (χ2n) is 4.53. The molecule has 0 aliphatic rings. The van der Waals surface area contributed by atoms with Crippen molar-refractivity contribution in [3.05, 3.63) is 71.9 Å². The average Bonchev–Trinajstić information content (AvgIpc) is 2.48. The fraction of sp³-hybridized carbons (Fsp3) is 0.118. The Balaban J connectivity index is 2.04. The summed E-state index contributed by atoms with van der Waals surface area (Å²) in [4.78, 5) is 4.52. The zero-order chi connectivity index (χ0) is 13.1. The highest BCUT2D eigenvalue weighted by molar-refractivity contribution is 5.83. The molecule has 0 atom stereocenters. The lowest BCUT2D eigenvalue weighted by molar-refractivity contribution is 0.414. The van der Waals surface area contributed by atoms with Crippen LogP contribution in [-0.2, 0) is 6.42 Å². The van der Waals surface area contributed by atoms with Crippen molar-refractivity contribution in [2.75, 3.05) is 7.11 Å². The van der Waals surface area contributed by atoms with E-state index >= 15 is 0 Å². The summed E-state index contributed by atoms with van der Waals surface area (Å²) in [5.41, 5.74) is 3.59. The third-order valence-electron chi connectivity index (χ3n) is 3.24. The number of para-hydroxylation sites is 1. The molecular formula is C17H15NO. The fourth-order valence-corrected chi connectivity index (χ4v) is 2.27. The van der Waals surface area contributed by atoms with Crippen LogP contribution in [0.3, 0.4) is 0 Å². The number of aromatic nitrogens is 1. The quantitative estimate of drug-likeness (QED) is 0.703. The summed E-state index contributed by atoms with van der Waals surface area (Å²) >= 11 is 0. The number of nitrogens with zero attached hydrogens (tertiary/aromatic N) is 1. The largest absolute Gasteiger partial charge is 0.495 e. The van der Waals surface area contributed by atoms with Crippen molar-refractivity contribution in [3.8, 4) is 5.75 Å². The second kappa shape index (κ2) is 5.11. The Labute approximate surface area is 112 Å². The third kappa shape index (κ3) is 2.43. The van der Waals surface area contributed by atoms with Crippen LogP contribution in [-0.4, -0.2) is 12.1 Å². The number of methoxy groups -OCH3 is 1. The predicted molar refractivity (Wildman–Crippen MR) is 77.5 cm³/mol. The van der Waals surface area contributed by atoms with Gasteiger partial charge in [0, 0.05) is 5.39 Å². The van der Waals surface area contributed by atoms with Crippen molar-refractivity contribution < 1.29 is 4.74 Å². The Hall–Kier alpha value is -2.35. The van der Waals surface area contributed by atoms with E-state index in [2.05, 4.69) is 47.4 Å². The first-order chi connectivity index (χ1) is 9.36. The van der Waals surface area contributed by atoms with Gasteiger partial charge in [0.25, 0.3) is 0 Å². The molecule has 3 rings (SSSR count). The molecule has 1 heterocycles. The molecule has 0 amide bonds. The van der Waals surface area contributed by atoms with E-state index in [0.29, 0.717) is 0 Å². The lowest BCUT2D eigenvalue weighted by Crippen LogP contribution is -1.92. The summed E-state index contributed by atoms with van der Waals surface area (Å²) in [6.07, 6.45) is 2.67. The number of rotatable bonds is 3. The van der Waals surface area contributed by atoms with Gasteiger partial charge in [0.1, 0.15) is 5.75 Å².